The van der Waals surface area contributed by atoms with Crippen molar-refractivity contribution >= 4 is 17.8 Å². The van der Waals surface area contributed by atoms with Crippen LogP contribution >= 0.6 is 0 Å². The first-order chi connectivity index (χ1) is 12.1. The van der Waals surface area contributed by atoms with Gasteiger partial charge in [0.05, 0.1) is 5.56 Å². The first-order valence-electron chi connectivity index (χ1n) is 9.03. The zero-order valence-corrected chi connectivity index (χ0v) is 15.1. The lowest BCUT2D eigenvalue weighted by molar-refractivity contribution is 0.0696. The van der Waals surface area contributed by atoms with Crippen molar-refractivity contribution < 1.29 is 9.59 Å². The molecule has 0 saturated carbocycles. The average molecular weight is 345 g/mol. The third-order valence-corrected chi connectivity index (χ3v) is 4.87. The van der Waals surface area contributed by atoms with E-state index in [0.29, 0.717) is 12.1 Å². The number of hydrogen-bond acceptors (Lipinski definition) is 4. The highest BCUT2D eigenvalue weighted by Crippen LogP contribution is 2.24. The molecule has 7 nitrogen and oxygen atoms in total. The van der Waals surface area contributed by atoms with Crippen LogP contribution in [0.3, 0.4) is 0 Å². The van der Waals surface area contributed by atoms with Crippen LogP contribution in [-0.2, 0) is 0 Å². The average Bonchev–Trinajstić information content (AvgIpc) is 3.16. The van der Waals surface area contributed by atoms with Crippen molar-refractivity contribution in [2.45, 2.75) is 31.7 Å². The minimum absolute atomic E-state index is 0.000455. The maximum atomic E-state index is 13.1. The van der Waals surface area contributed by atoms with Gasteiger partial charge in [0.25, 0.3) is 5.91 Å². The molecule has 1 aromatic heterocycles. The molecule has 2 aliphatic rings. The molecule has 3 rings (SSSR count). The third-order valence-electron chi connectivity index (χ3n) is 4.87. The van der Waals surface area contributed by atoms with Crippen LogP contribution < -0.4 is 10.2 Å². The Morgan fingerprint density at radius 1 is 1.20 bits per heavy atom. The number of carbonyl (C=O) groups excluding carboxylic acids is 2. The van der Waals surface area contributed by atoms with E-state index in [9.17, 15) is 9.59 Å². The Morgan fingerprint density at radius 3 is 2.68 bits per heavy atom. The van der Waals surface area contributed by atoms with Gasteiger partial charge in [0.1, 0.15) is 5.82 Å². The fourth-order valence-corrected chi connectivity index (χ4v) is 3.50. The number of anilines is 1. The molecule has 2 aliphatic heterocycles. The minimum atomic E-state index is -0.113. The highest BCUT2D eigenvalue weighted by Gasteiger charge is 2.29. The molecule has 2 saturated heterocycles. The van der Waals surface area contributed by atoms with Crippen molar-refractivity contribution in [3.05, 3.63) is 23.9 Å². The molecule has 2 fully saturated rings. The van der Waals surface area contributed by atoms with Crippen molar-refractivity contribution in [3.8, 4) is 0 Å². The summed E-state index contributed by atoms with van der Waals surface area (Å²) in [6, 6.07) is 3.57. The number of aromatic nitrogens is 1. The van der Waals surface area contributed by atoms with Crippen LogP contribution in [0, 0.1) is 0 Å². The number of amides is 3. The second kappa shape index (κ2) is 7.72. The first-order valence-corrected chi connectivity index (χ1v) is 9.03. The lowest BCUT2D eigenvalue weighted by Crippen LogP contribution is -2.51. The number of piperidine rings is 1. The van der Waals surface area contributed by atoms with Gasteiger partial charge in [-0.1, -0.05) is 0 Å². The number of nitrogens with one attached hydrogen (secondary N) is 1. The second-order valence-electron chi connectivity index (χ2n) is 7.00. The second-order valence-corrected chi connectivity index (χ2v) is 7.00. The van der Waals surface area contributed by atoms with Gasteiger partial charge < -0.3 is 20.0 Å². The largest absolute Gasteiger partial charge is 0.356 e. The van der Waals surface area contributed by atoms with Gasteiger partial charge in [0.15, 0.2) is 0 Å². The topological polar surface area (TPSA) is 68.8 Å². The van der Waals surface area contributed by atoms with E-state index in [-0.39, 0.29) is 18.0 Å². The summed E-state index contributed by atoms with van der Waals surface area (Å²) >= 11 is 0. The minimum Gasteiger partial charge on any atom is -0.356 e. The first kappa shape index (κ1) is 17.5. The number of pyridine rings is 1. The van der Waals surface area contributed by atoms with Crippen LogP contribution in [0.1, 0.15) is 36.0 Å². The molecule has 1 unspecified atom stereocenters. The van der Waals surface area contributed by atoms with Gasteiger partial charge in [-0.3, -0.25) is 4.79 Å². The molecule has 0 radical (unpaired) electrons. The number of nitrogens with zero attached hydrogens (tertiary/aromatic N) is 4. The van der Waals surface area contributed by atoms with Crippen molar-refractivity contribution in [3.63, 3.8) is 0 Å². The van der Waals surface area contributed by atoms with Crippen molar-refractivity contribution in [2.24, 2.45) is 0 Å². The van der Waals surface area contributed by atoms with Gasteiger partial charge in [-0.25, -0.2) is 9.78 Å². The van der Waals surface area contributed by atoms with E-state index >= 15 is 0 Å². The van der Waals surface area contributed by atoms with Crippen LogP contribution in [-0.4, -0.2) is 73.0 Å². The van der Waals surface area contributed by atoms with Crippen molar-refractivity contribution in [2.75, 3.05) is 45.2 Å². The Morgan fingerprint density at radius 2 is 1.96 bits per heavy atom. The smallest absolute Gasteiger partial charge is 0.317 e. The van der Waals surface area contributed by atoms with E-state index in [4.69, 9.17) is 0 Å². The summed E-state index contributed by atoms with van der Waals surface area (Å²) in [6.45, 7) is 3.19. The third kappa shape index (κ3) is 4.03. The van der Waals surface area contributed by atoms with Gasteiger partial charge in [0.2, 0.25) is 0 Å². The van der Waals surface area contributed by atoms with Crippen LogP contribution in [0.15, 0.2) is 18.3 Å². The number of likely N-dealkylation sites (tertiary alicyclic amines) is 1. The van der Waals surface area contributed by atoms with E-state index < -0.39 is 0 Å². The van der Waals surface area contributed by atoms with E-state index in [2.05, 4.69) is 15.2 Å². The molecule has 0 aromatic carbocycles. The standard InChI is InChI=1S/C18H27N5O2/c1-21(2)18(25)20-14-7-6-12-23(13-14)17(24)15-8-5-9-19-16(15)22-10-3-4-11-22/h5,8-9,14H,3-4,6-7,10-13H2,1-2H3,(H,20,25). The number of hydrogen-bond donors (Lipinski definition) is 1. The Labute approximate surface area is 149 Å². The van der Waals surface area contributed by atoms with Gasteiger partial charge in [-0.15, -0.1) is 0 Å². The fourth-order valence-electron chi connectivity index (χ4n) is 3.50. The molecule has 0 bridgehead atoms. The summed E-state index contributed by atoms with van der Waals surface area (Å²) in [5.74, 6) is 0.809. The molecule has 136 valence electrons. The molecule has 25 heavy (non-hydrogen) atoms. The van der Waals surface area contributed by atoms with Crippen LogP contribution in [0.2, 0.25) is 0 Å². The van der Waals surface area contributed by atoms with Crippen LogP contribution in [0.4, 0.5) is 10.6 Å². The maximum Gasteiger partial charge on any atom is 0.317 e. The molecular formula is C18H27N5O2. The van der Waals surface area contributed by atoms with Gasteiger partial charge in [-0.2, -0.15) is 0 Å². The molecular weight excluding hydrogens is 318 g/mol. The van der Waals surface area contributed by atoms with Gasteiger partial charge >= 0.3 is 6.03 Å². The fraction of sp³-hybridized carbons (Fsp3) is 0.611. The van der Waals surface area contributed by atoms with Gasteiger partial charge in [-0.05, 0) is 37.8 Å². The summed E-state index contributed by atoms with van der Waals surface area (Å²) < 4.78 is 0. The van der Waals surface area contributed by atoms with Crippen molar-refractivity contribution in [1.29, 1.82) is 0 Å². The zero-order valence-electron chi connectivity index (χ0n) is 15.1. The van der Waals surface area contributed by atoms with E-state index in [0.717, 1.165) is 51.1 Å². The molecule has 0 spiro atoms. The Kier molecular flexibility index (Phi) is 5.40. The SMILES string of the molecule is CN(C)C(=O)NC1CCCN(C(=O)c2cccnc2N2CCCC2)C1. The molecule has 3 heterocycles. The molecule has 7 heteroatoms. The molecule has 3 amide bonds. The summed E-state index contributed by atoms with van der Waals surface area (Å²) in [4.78, 5) is 35.0. The van der Waals surface area contributed by atoms with Gasteiger partial charge in [0, 0.05) is 52.5 Å². The van der Waals surface area contributed by atoms with E-state index in [1.165, 1.54) is 4.90 Å². The quantitative estimate of drug-likeness (QED) is 0.903. The van der Waals surface area contributed by atoms with E-state index in [1.807, 2.05) is 17.0 Å². The Bertz CT molecular complexity index is 628. The molecule has 1 N–H and O–H groups in total. The normalized spacial score (nSPS) is 20.5. The number of carbonyl (C=O) groups is 2. The Hall–Kier alpha value is -2.31. The Balaban J connectivity index is 1.71. The zero-order chi connectivity index (χ0) is 17.8. The van der Waals surface area contributed by atoms with Crippen LogP contribution in [0.5, 0.6) is 0 Å². The number of urea groups is 1. The highest BCUT2D eigenvalue weighted by atomic mass is 16.2. The predicted molar refractivity (Wildman–Crippen MR) is 96.8 cm³/mol. The lowest BCUT2D eigenvalue weighted by atomic mass is 10.0. The number of rotatable bonds is 3. The summed E-state index contributed by atoms with van der Waals surface area (Å²) in [7, 11) is 3.44. The predicted octanol–water partition coefficient (Wildman–Crippen LogP) is 1.56. The monoisotopic (exact) mass is 345 g/mol. The van der Waals surface area contributed by atoms with E-state index in [1.54, 1.807) is 20.3 Å². The highest BCUT2D eigenvalue weighted by molar-refractivity contribution is 5.99. The summed E-state index contributed by atoms with van der Waals surface area (Å²) in [5.41, 5.74) is 0.670. The summed E-state index contributed by atoms with van der Waals surface area (Å²) in [5, 5.41) is 2.99. The lowest BCUT2D eigenvalue weighted by Gasteiger charge is -2.34. The summed E-state index contributed by atoms with van der Waals surface area (Å²) in [6.07, 6.45) is 5.83. The van der Waals surface area contributed by atoms with Crippen molar-refractivity contribution in [1.82, 2.24) is 20.1 Å². The molecule has 1 aromatic rings. The van der Waals surface area contributed by atoms with Crippen LogP contribution in [0.25, 0.3) is 0 Å². The molecule has 0 aliphatic carbocycles. The maximum absolute atomic E-state index is 13.1. The molecule has 1 atom stereocenters.